The Kier molecular flexibility index (Phi) is 7.31. The minimum atomic E-state index is -4.05. The number of benzene rings is 2. The number of ether oxygens (including phenoxy) is 1. The minimum absolute atomic E-state index is 0.0601. The Morgan fingerprint density at radius 3 is 2.21 bits per heavy atom. The normalized spacial score (nSPS) is 18.9. The summed E-state index contributed by atoms with van der Waals surface area (Å²) in [4.78, 5) is 16.9. The van der Waals surface area contributed by atoms with Crippen LogP contribution in [0.1, 0.15) is 36.0 Å². The van der Waals surface area contributed by atoms with Gasteiger partial charge in [0.05, 0.1) is 6.10 Å². The lowest BCUT2D eigenvalue weighted by Crippen LogP contribution is -2.49. The standard InChI is InChI=1S/C24H30FN3O4S/c1-32-21-12-16-27(17-13-21)20-10-14-28(15-11-20)24(29)18-6-8-19(9-7-18)26-33(30,31)23-5-3-2-4-22(23)25/h2-9,20-21,26H,10-17H2,1H3. The van der Waals surface area contributed by atoms with E-state index in [1.165, 1.54) is 30.3 Å². The van der Waals surface area contributed by atoms with Crippen LogP contribution in [0.2, 0.25) is 0 Å². The Balaban J connectivity index is 1.32. The van der Waals surface area contributed by atoms with Gasteiger partial charge in [0, 0.05) is 50.6 Å². The first kappa shape index (κ1) is 23.7. The lowest BCUT2D eigenvalue weighted by Gasteiger charge is -2.41. The van der Waals surface area contributed by atoms with Crippen molar-refractivity contribution in [2.75, 3.05) is 38.0 Å². The molecule has 0 spiro atoms. The molecule has 0 radical (unpaired) electrons. The van der Waals surface area contributed by atoms with Gasteiger partial charge in [-0.15, -0.1) is 0 Å². The lowest BCUT2D eigenvalue weighted by molar-refractivity contribution is 0.0145. The third-order valence-corrected chi connectivity index (χ3v) is 8.00. The molecule has 0 aliphatic carbocycles. The highest BCUT2D eigenvalue weighted by Crippen LogP contribution is 2.24. The fourth-order valence-electron chi connectivity index (χ4n) is 4.65. The number of anilines is 1. The van der Waals surface area contributed by atoms with Crippen molar-refractivity contribution in [3.8, 4) is 0 Å². The van der Waals surface area contributed by atoms with Crippen LogP contribution in [0, 0.1) is 5.82 Å². The topological polar surface area (TPSA) is 79.0 Å². The summed E-state index contributed by atoms with van der Waals surface area (Å²) in [5, 5.41) is 0. The Morgan fingerprint density at radius 2 is 1.61 bits per heavy atom. The molecule has 0 unspecified atom stereocenters. The number of methoxy groups -OCH3 is 1. The van der Waals surface area contributed by atoms with Crippen molar-refractivity contribution in [3.05, 3.63) is 59.9 Å². The summed E-state index contributed by atoms with van der Waals surface area (Å²) in [6.07, 6.45) is 4.38. The molecule has 7 nitrogen and oxygen atoms in total. The summed E-state index contributed by atoms with van der Waals surface area (Å²) in [5.74, 6) is -0.877. The largest absolute Gasteiger partial charge is 0.381 e. The molecule has 33 heavy (non-hydrogen) atoms. The molecule has 2 saturated heterocycles. The van der Waals surface area contributed by atoms with E-state index in [-0.39, 0.29) is 11.6 Å². The molecule has 2 fully saturated rings. The third-order valence-electron chi connectivity index (χ3n) is 6.59. The number of carbonyl (C=O) groups is 1. The van der Waals surface area contributed by atoms with E-state index in [0.717, 1.165) is 44.8 Å². The molecule has 1 N–H and O–H groups in total. The number of nitrogens with one attached hydrogen (secondary N) is 1. The van der Waals surface area contributed by atoms with E-state index in [1.54, 1.807) is 19.2 Å². The second-order valence-electron chi connectivity index (χ2n) is 8.61. The van der Waals surface area contributed by atoms with Crippen LogP contribution >= 0.6 is 0 Å². The summed E-state index contributed by atoms with van der Waals surface area (Å²) < 4.78 is 46.6. The van der Waals surface area contributed by atoms with Crippen LogP contribution in [0.15, 0.2) is 53.4 Å². The molecule has 0 bridgehead atoms. The maximum atomic E-state index is 13.9. The average Bonchev–Trinajstić information content (AvgIpc) is 2.84. The zero-order valence-corrected chi connectivity index (χ0v) is 19.6. The Labute approximate surface area is 194 Å². The van der Waals surface area contributed by atoms with E-state index < -0.39 is 20.7 Å². The monoisotopic (exact) mass is 475 g/mol. The maximum Gasteiger partial charge on any atom is 0.264 e. The van der Waals surface area contributed by atoms with E-state index in [1.807, 2.05) is 4.90 Å². The molecule has 1 amide bonds. The number of halogens is 1. The smallest absolute Gasteiger partial charge is 0.264 e. The first-order chi connectivity index (χ1) is 15.9. The highest BCUT2D eigenvalue weighted by molar-refractivity contribution is 7.92. The van der Waals surface area contributed by atoms with Crippen LogP contribution in [-0.2, 0) is 14.8 Å². The van der Waals surface area contributed by atoms with Gasteiger partial charge in [-0.25, -0.2) is 12.8 Å². The summed E-state index contributed by atoms with van der Waals surface area (Å²) in [6.45, 7) is 3.49. The second kappa shape index (κ2) is 10.2. The van der Waals surface area contributed by atoms with Crippen LogP contribution in [-0.4, -0.2) is 69.6 Å². The van der Waals surface area contributed by atoms with Gasteiger partial charge in [-0.1, -0.05) is 12.1 Å². The number of hydrogen-bond acceptors (Lipinski definition) is 5. The number of nitrogens with zero attached hydrogens (tertiary/aromatic N) is 2. The number of amides is 1. The lowest BCUT2D eigenvalue weighted by atomic mass is 9.98. The van der Waals surface area contributed by atoms with Crippen LogP contribution in [0.25, 0.3) is 0 Å². The van der Waals surface area contributed by atoms with Crippen molar-refractivity contribution in [3.63, 3.8) is 0 Å². The quantitative estimate of drug-likeness (QED) is 0.693. The van der Waals surface area contributed by atoms with Crippen molar-refractivity contribution in [1.82, 2.24) is 9.80 Å². The summed E-state index contributed by atoms with van der Waals surface area (Å²) in [6, 6.07) is 12.0. The van der Waals surface area contributed by atoms with Crippen LogP contribution in [0.4, 0.5) is 10.1 Å². The van der Waals surface area contributed by atoms with E-state index in [4.69, 9.17) is 4.74 Å². The van der Waals surface area contributed by atoms with Crippen LogP contribution in [0.5, 0.6) is 0 Å². The van der Waals surface area contributed by atoms with Crippen molar-refractivity contribution in [2.24, 2.45) is 0 Å². The minimum Gasteiger partial charge on any atom is -0.381 e. The van der Waals surface area contributed by atoms with Crippen molar-refractivity contribution in [1.29, 1.82) is 0 Å². The molecule has 0 aromatic heterocycles. The number of hydrogen-bond donors (Lipinski definition) is 1. The molecule has 2 aromatic carbocycles. The zero-order chi connectivity index (χ0) is 23.4. The predicted molar refractivity (Wildman–Crippen MR) is 124 cm³/mol. The average molecular weight is 476 g/mol. The van der Waals surface area contributed by atoms with Crippen molar-refractivity contribution < 1.29 is 22.3 Å². The van der Waals surface area contributed by atoms with Crippen LogP contribution in [0.3, 0.4) is 0 Å². The summed E-state index contributed by atoms with van der Waals surface area (Å²) in [5.41, 5.74) is 0.774. The number of carbonyl (C=O) groups excluding carboxylic acids is 1. The molecule has 4 rings (SSSR count). The highest BCUT2D eigenvalue weighted by atomic mass is 32.2. The van der Waals surface area contributed by atoms with Crippen molar-refractivity contribution in [2.45, 2.75) is 42.7 Å². The van der Waals surface area contributed by atoms with Gasteiger partial charge in [0.1, 0.15) is 10.7 Å². The van der Waals surface area contributed by atoms with E-state index in [0.29, 0.717) is 30.8 Å². The SMILES string of the molecule is COC1CCN(C2CCN(C(=O)c3ccc(NS(=O)(=O)c4ccccc4F)cc3)CC2)CC1. The maximum absolute atomic E-state index is 13.9. The van der Waals surface area contributed by atoms with Gasteiger partial charge >= 0.3 is 0 Å². The predicted octanol–water partition coefficient (Wildman–Crippen LogP) is 3.34. The van der Waals surface area contributed by atoms with Gasteiger partial charge in [0.15, 0.2) is 0 Å². The van der Waals surface area contributed by atoms with E-state index >= 15 is 0 Å². The van der Waals surface area contributed by atoms with Gasteiger partial charge in [0.25, 0.3) is 15.9 Å². The van der Waals surface area contributed by atoms with Crippen LogP contribution < -0.4 is 4.72 Å². The van der Waals surface area contributed by atoms with Gasteiger partial charge in [-0.2, -0.15) is 0 Å². The molecule has 0 saturated carbocycles. The van der Waals surface area contributed by atoms with Gasteiger partial charge < -0.3 is 14.5 Å². The second-order valence-corrected chi connectivity index (χ2v) is 10.3. The molecular weight excluding hydrogens is 445 g/mol. The fraction of sp³-hybridized carbons (Fsp3) is 0.458. The number of sulfonamides is 1. The van der Waals surface area contributed by atoms with E-state index in [2.05, 4.69) is 9.62 Å². The first-order valence-electron chi connectivity index (χ1n) is 11.3. The summed E-state index contributed by atoms with van der Waals surface area (Å²) >= 11 is 0. The highest BCUT2D eigenvalue weighted by Gasteiger charge is 2.30. The molecule has 9 heteroatoms. The number of piperidine rings is 2. The molecule has 2 aliphatic rings. The van der Waals surface area contributed by atoms with Gasteiger partial charge in [-0.05, 0) is 62.1 Å². The van der Waals surface area contributed by atoms with E-state index in [9.17, 15) is 17.6 Å². The fourth-order valence-corrected chi connectivity index (χ4v) is 5.79. The molecule has 178 valence electrons. The molecule has 0 atom stereocenters. The Morgan fingerprint density at radius 1 is 0.970 bits per heavy atom. The molecule has 2 aromatic rings. The van der Waals surface area contributed by atoms with Crippen molar-refractivity contribution >= 4 is 21.6 Å². The molecule has 2 heterocycles. The molecular formula is C24H30FN3O4S. The first-order valence-corrected chi connectivity index (χ1v) is 12.8. The van der Waals surface area contributed by atoms with Gasteiger partial charge in [0.2, 0.25) is 0 Å². The Hall–Kier alpha value is -2.49. The third kappa shape index (κ3) is 5.54. The number of likely N-dealkylation sites (tertiary alicyclic amines) is 2. The Bertz CT molecular complexity index is 1060. The molecule has 2 aliphatic heterocycles. The van der Waals surface area contributed by atoms with Gasteiger partial charge in [-0.3, -0.25) is 9.52 Å². The number of rotatable bonds is 6. The summed E-state index contributed by atoms with van der Waals surface area (Å²) in [7, 11) is -2.28. The zero-order valence-electron chi connectivity index (χ0n) is 18.7.